The lowest BCUT2D eigenvalue weighted by molar-refractivity contribution is 0.0699. The molecule has 2 heterocycles. The first-order valence-corrected chi connectivity index (χ1v) is 9.31. The highest BCUT2D eigenvalue weighted by molar-refractivity contribution is 6.09. The molecule has 138 valence electrons. The van der Waals surface area contributed by atoms with Crippen molar-refractivity contribution in [3.8, 4) is 0 Å². The van der Waals surface area contributed by atoms with E-state index in [9.17, 15) is 9.18 Å². The lowest BCUT2D eigenvalue weighted by Crippen LogP contribution is -2.38. The van der Waals surface area contributed by atoms with Crippen LogP contribution in [0.15, 0.2) is 54.7 Å². The molecule has 0 atom stereocenters. The molecule has 2 aromatic carbocycles. The van der Waals surface area contributed by atoms with E-state index in [0.717, 1.165) is 42.4 Å². The molecule has 4 rings (SSSR count). The number of pyridine rings is 1. The molecule has 0 aliphatic carbocycles. The van der Waals surface area contributed by atoms with Crippen LogP contribution < -0.4 is 5.32 Å². The molecule has 0 saturated carbocycles. The number of benzene rings is 2. The van der Waals surface area contributed by atoms with Crippen LogP contribution in [0.2, 0.25) is 0 Å². The second kappa shape index (κ2) is 7.35. The molecule has 4 nitrogen and oxygen atoms in total. The van der Waals surface area contributed by atoms with Crippen molar-refractivity contribution in [2.45, 2.75) is 19.8 Å². The quantitative estimate of drug-likeness (QED) is 0.713. The molecule has 27 heavy (non-hydrogen) atoms. The summed E-state index contributed by atoms with van der Waals surface area (Å²) in [6.45, 7) is 3.82. The Morgan fingerprint density at radius 3 is 2.44 bits per heavy atom. The van der Waals surface area contributed by atoms with Crippen LogP contribution in [-0.2, 0) is 0 Å². The van der Waals surface area contributed by atoms with Gasteiger partial charge in [-0.25, -0.2) is 9.37 Å². The Balaban J connectivity index is 1.68. The van der Waals surface area contributed by atoms with E-state index in [-0.39, 0.29) is 11.7 Å². The number of amides is 1. The van der Waals surface area contributed by atoms with E-state index >= 15 is 0 Å². The van der Waals surface area contributed by atoms with E-state index in [1.165, 1.54) is 12.1 Å². The second-order valence-electron chi connectivity index (χ2n) is 7.17. The van der Waals surface area contributed by atoms with Crippen molar-refractivity contribution in [1.82, 2.24) is 9.88 Å². The van der Waals surface area contributed by atoms with Crippen LogP contribution >= 0.6 is 0 Å². The van der Waals surface area contributed by atoms with Crippen LogP contribution in [0.1, 0.15) is 30.1 Å². The molecular formula is C22H22FN3O. The maximum atomic E-state index is 13.1. The molecule has 1 amide bonds. The summed E-state index contributed by atoms with van der Waals surface area (Å²) in [4.78, 5) is 19.5. The maximum Gasteiger partial charge on any atom is 0.256 e. The lowest BCUT2D eigenvalue weighted by Gasteiger charge is -2.30. The summed E-state index contributed by atoms with van der Waals surface area (Å²) in [5.74, 6) is 1.08. The molecule has 1 saturated heterocycles. The van der Waals surface area contributed by atoms with Gasteiger partial charge >= 0.3 is 0 Å². The number of halogens is 1. The summed E-state index contributed by atoms with van der Waals surface area (Å²) in [5.41, 5.74) is 1.38. The van der Waals surface area contributed by atoms with Crippen molar-refractivity contribution in [2.24, 2.45) is 5.92 Å². The minimum Gasteiger partial charge on any atom is -0.340 e. The number of nitrogens with zero attached hydrogens (tertiary/aromatic N) is 2. The minimum absolute atomic E-state index is 0.0407. The number of fused-ring (bicyclic) bond motifs is 1. The molecule has 3 aromatic rings. The van der Waals surface area contributed by atoms with Gasteiger partial charge in [0.25, 0.3) is 5.91 Å². The number of carbonyl (C=O) groups excluding carboxylic acids is 1. The molecule has 1 N–H and O–H groups in total. The third kappa shape index (κ3) is 3.63. The number of piperidine rings is 1. The number of hydrogen-bond acceptors (Lipinski definition) is 3. The Morgan fingerprint density at radius 2 is 1.74 bits per heavy atom. The summed E-state index contributed by atoms with van der Waals surface area (Å²) in [5, 5.41) is 4.97. The number of rotatable bonds is 3. The molecule has 0 spiro atoms. The van der Waals surface area contributed by atoms with Gasteiger partial charge in [-0.05, 0) is 48.4 Å². The standard InChI is InChI=1S/C22H22FN3O/c1-15-10-12-26(13-11-15)22(27)20-14-24-21(19-5-3-2-4-18(19)20)25-17-8-6-16(23)7-9-17/h2-9,14-15H,10-13H2,1H3,(H,24,25). The highest BCUT2D eigenvalue weighted by Gasteiger charge is 2.23. The smallest absolute Gasteiger partial charge is 0.256 e. The van der Waals surface area contributed by atoms with E-state index in [1.807, 2.05) is 29.2 Å². The normalized spacial score (nSPS) is 15.1. The van der Waals surface area contributed by atoms with Crippen molar-refractivity contribution in [1.29, 1.82) is 0 Å². The summed E-state index contributed by atoms with van der Waals surface area (Å²) >= 11 is 0. The molecule has 1 aliphatic rings. The van der Waals surface area contributed by atoms with E-state index in [4.69, 9.17) is 0 Å². The first kappa shape index (κ1) is 17.5. The van der Waals surface area contributed by atoms with Crippen LogP contribution in [0.5, 0.6) is 0 Å². The van der Waals surface area contributed by atoms with Gasteiger partial charge in [-0.15, -0.1) is 0 Å². The molecule has 1 fully saturated rings. The van der Waals surface area contributed by atoms with Crippen molar-refractivity contribution >= 4 is 28.2 Å². The fourth-order valence-electron chi connectivity index (χ4n) is 3.51. The van der Waals surface area contributed by atoms with Crippen LogP contribution in [0.4, 0.5) is 15.9 Å². The van der Waals surface area contributed by atoms with Gasteiger partial charge in [0.1, 0.15) is 11.6 Å². The Morgan fingerprint density at radius 1 is 1.07 bits per heavy atom. The average Bonchev–Trinajstić information content (AvgIpc) is 2.70. The van der Waals surface area contributed by atoms with Crippen molar-refractivity contribution < 1.29 is 9.18 Å². The first-order valence-electron chi connectivity index (χ1n) is 9.31. The third-order valence-corrected chi connectivity index (χ3v) is 5.20. The van der Waals surface area contributed by atoms with Gasteiger partial charge in [-0.1, -0.05) is 31.2 Å². The van der Waals surface area contributed by atoms with Crippen LogP contribution in [0, 0.1) is 11.7 Å². The number of likely N-dealkylation sites (tertiary alicyclic amines) is 1. The topological polar surface area (TPSA) is 45.2 Å². The SMILES string of the molecule is CC1CCN(C(=O)c2cnc(Nc3ccc(F)cc3)c3ccccc23)CC1. The zero-order valence-corrected chi connectivity index (χ0v) is 15.3. The molecule has 0 unspecified atom stereocenters. The average molecular weight is 363 g/mol. The summed E-state index contributed by atoms with van der Waals surface area (Å²) < 4.78 is 13.1. The first-order chi connectivity index (χ1) is 13.1. The molecule has 5 heteroatoms. The van der Waals surface area contributed by atoms with Gasteiger partial charge in [0.2, 0.25) is 0 Å². The summed E-state index contributed by atoms with van der Waals surface area (Å²) in [6, 6.07) is 13.9. The molecule has 1 aliphatic heterocycles. The predicted molar refractivity (Wildman–Crippen MR) is 106 cm³/mol. The zero-order valence-electron chi connectivity index (χ0n) is 15.3. The van der Waals surface area contributed by atoms with Crippen molar-refractivity contribution in [3.63, 3.8) is 0 Å². The number of carbonyl (C=O) groups is 1. The highest BCUT2D eigenvalue weighted by Crippen LogP contribution is 2.28. The minimum atomic E-state index is -0.282. The van der Waals surface area contributed by atoms with Crippen molar-refractivity contribution in [3.05, 3.63) is 66.1 Å². The fourth-order valence-corrected chi connectivity index (χ4v) is 3.51. The Hall–Kier alpha value is -2.95. The monoisotopic (exact) mass is 363 g/mol. The fraction of sp³-hybridized carbons (Fsp3) is 0.273. The Kier molecular flexibility index (Phi) is 4.75. The largest absolute Gasteiger partial charge is 0.340 e. The van der Waals surface area contributed by atoms with E-state index < -0.39 is 0 Å². The van der Waals surface area contributed by atoms with Crippen LogP contribution in [0.3, 0.4) is 0 Å². The molecule has 0 radical (unpaired) electrons. The molecule has 0 bridgehead atoms. The number of anilines is 2. The Labute approximate surface area is 158 Å². The van der Waals surface area contributed by atoms with Gasteiger partial charge in [0.05, 0.1) is 5.56 Å². The molecular weight excluding hydrogens is 341 g/mol. The third-order valence-electron chi connectivity index (χ3n) is 5.20. The lowest BCUT2D eigenvalue weighted by atomic mass is 9.98. The van der Waals surface area contributed by atoms with Crippen molar-refractivity contribution in [2.75, 3.05) is 18.4 Å². The summed E-state index contributed by atoms with van der Waals surface area (Å²) in [7, 11) is 0. The zero-order chi connectivity index (χ0) is 18.8. The van der Waals surface area contributed by atoms with Gasteiger partial charge in [0.15, 0.2) is 0 Å². The van der Waals surface area contributed by atoms with Crippen LogP contribution in [0.25, 0.3) is 10.8 Å². The van der Waals surface area contributed by atoms with E-state index in [2.05, 4.69) is 17.2 Å². The summed E-state index contributed by atoms with van der Waals surface area (Å²) in [6.07, 6.45) is 3.73. The predicted octanol–water partition coefficient (Wildman–Crippen LogP) is 4.99. The van der Waals surface area contributed by atoms with Gasteiger partial charge in [-0.3, -0.25) is 4.79 Å². The van der Waals surface area contributed by atoms with Gasteiger partial charge in [0, 0.05) is 30.4 Å². The van der Waals surface area contributed by atoms with Gasteiger partial charge < -0.3 is 10.2 Å². The number of aromatic nitrogens is 1. The second-order valence-corrected chi connectivity index (χ2v) is 7.17. The number of nitrogens with one attached hydrogen (secondary N) is 1. The van der Waals surface area contributed by atoms with Crippen LogP contribution in [-0.4, -0.2) is 28.9 Å². The number of hydrogen-bond donors (Lipinski definition) is 1. The van der Waals surface area contributed by atoms with E-state index in [1.54, 1.807) is 18.3 Å². The highest BCUT2D eigenvalue weighted by atomic mass is 19.1. The Bertz CT molecular complexity index is 963. The van der Waals surface area contributed by atoms with E-state index in [0.29, 0.717) is 17.3 Å². The molecule has 1 aromatic heterocycles. The van der Waals surface area contributed by atoms with Gasteiger partial charge in [-0.2, -0.15) is 0 Å². The maximum absolute atomic E-state index is 13.1.